The molecule has 1 aliphatic rings. The number of hydrogen-bond acceptors (Lipinski definition) is 9. The van der Waals surface area contributed by atoms with E-state index in [-0.39, 0.29) is 24.5 Å². The number of anilines is 1. The summed E-state index contributed by atoms with van der Waals surface area (Å²) in [5.41, 5.74) is 2.73. The number of aromatic nitrogens is 7. The van der Waals surface area contributed by atoms with Gasteiger partial charge in [-0.2, -0.15) is 15.0 Å². The van der Waals surface area contributed by atoms with Gasteiger partial charge in [-0.1, -0.05) is 48.6 Å². The Bertz CT molecular complexity index is 1570. The van der Waals surface area contributed by atoms with Crippen molar-refractivity contribution in [3.63, 3.8) is 0 Å². The summed E-state index contributed by atoms with van der Waals surface area (Å²) in [7, 11) is 0. The number of alkyl halides is 1. The highest BCUT2D eigenvalue weighted by atomic mass is 127. The summed E-state index contributed by atoms with van der Waals surface area (Å²) in [6, 6.07) is 5.56. The first kappa shape index (κ1) is 30.3. The molecule has 4 aromatic rings. The standard InChI is InChI=1S/C27H32N10O2.CH3I/c1-16(2)32-20-9-24(37-25-18(12-31-37)8-17(10-28)11-30-25)29-13-19(20)21-14-36(34-33-21)22-6-7-35(15-23(22)38)26(39)27(3,4)5;1-2/h8-9,11-14,16,22-23,38H,6-7,15H2,1-5H3,(H,29,32);1H3/t22?,23-;/m1./s1. The van der Waals surface area contributed by atoms with Gasteiger partial charge in [-0.3, -0.25) is 4.79 Å². The molecule has 0 bridgehead atoms. The lowest BCUT2D eigenvalue weighted by molar-refractivity contribution is -0.143. The minimum absolute atomic E-state index is 0.0282. The van der Waals surface area contributed by atoms with Gasteiger partial charge in [-0.25, -0.2) is 14.6 Å². The number of nitrogens with zero attached hydrogens (tertiary/aromatic N) is 9. The fourth-order valence-electron chi connectivity index (χ4n) is 4.79. The van der Waals surface area contributed by atoms with E-state index < -0.39 is 11.5 Å². The number of carbonyl (C=O) groups excluding carboxylic acids is 1. The van der Waals surface area contributed by atoms with Crippen LogP contribution < -0.4 is 5.32 Å². The van der Waals surface area contributed by atoms with Gasteiger partial charge in [0.25, 0.3) is 0 Å². The SMILES string of the molecule is CC(C)Nc1cc(-n2ncc3cc(C#N)cnc32)ncc1-c1cn(C2CCN(C(=O)C(C)(C)C)C[C@H]2O)nn1.CI. The van der Waals surface area contributed by atoms with E-state index in [9.17, 15) is 9.90 Å². The number of pyridine rings is 2. The average Bonchev–Trinajstić information content (AvgIpc) is 3.60. The van der Waals surface area contributed by atoms with Crippen LogP contribution in [0.3, 0.4) is 0 Å². The van der Waals surface area contributed by atoms with Gasteiger partial charge < -0.3 is 15.3 Å². The summed E-state index contributed by atoms with van der Waals surface area (Å²) < 4.78 is 3.31. The first-order valence-corrected chi connectivity index (χ1v) is 15.5. The van der Waals surface area contributed by atoms with Crippen LogP contribution in [0.15, 0.2) is 36.9 Å². The van der Waals surface area contributed by atoms with E-state index in [0.717, 1.165) is 16.6 Å². The lowest BCUT2D eigenvalue weighted by atomic mass is 9.92. The van der Waals surface area contributed by atoms with Crippen molar-refractivity contribution in [2.24, 2.45) is 5.41 Å². The van der Waals surface area contributed by atoms with Crippen molar-refractivity contribution >= 4 is 45.2 Å². The fraction of sp³-hybridized carbons (Fsp3) is 0.464. The first-order chi connectivity index (χ1) is 19.5. The third-order valence-electron chi connectivity index (χ3n) is 6.69. The molecule has 2 atom stereocenters. The number of hydrogen-bond donors (Lipinski definition) is 2. The zero-order valence-corrected chi connectivity index (χ0v) is 26.2. The van der Waals surface area contributed by atoms with Gasteiger partial charge >= 0.3 is 0 Å². The highest BCUT2D eigenvalue weighted by Gasteiger charge is 2.36. The van der Waals surface area contributed by atoms with Crippen molar-refractivity contribution in [1.29, 1.82) is 5.26 Å². The minimum atomic E-state index is -0.754. The topological polar surface area (TPSA) is 151 Å². The smallest absolute Gasteiger partial charge is 0.228 e. The number of fused-ring (bicyclic) bond motifs is 1. The molecular formula is C28H35IN10O2. The van der Waals surface area contributed by atoms with Crippen LogP contribution in [0.1, 0.15) is 52.6 Å². The zero-order valence-electron chi connectivity index (χ0n) is 24.1. The normalized spacial score (nSPS) is 17.2. The number of rotatable bonds is 5. The molecule has 1 amide bonds. The molecule has 5 heterocycles. The highest BCUT2D eigenvalue weighted by Crippen LogP contribution is 2.31. The summed E-state index contributed by atoms with van der Waals surface area (Å²) in [5, 5.41) is 37.4. The second kappa shape index (κ2) is 12.5. The van der Waals surface area contributed by atoms with Crippen molar-refractivity contribution in [2.75, 3.05) is 23.3 Å². The molecule has 0 spiro atoms. The van der Waals surface area contributed by atoms with Crippen LogP contribution in [0.5, 0.6) is 0 Å². The van der Waals surface area contributed by atoms with E-state index in [2.05, 4.69) is 59.4 Å². The summed E-state index contributed by atoms with van der Waals surface area (Å²) in [5.74, 6) is 0.591. The predicted octanol–water partition coefficient (Wildman–Crippen LogP) is 4.00. The van der Waals surface area contributed by atoms with Crippen LogP contribution in [0.4, 0.5) is 5.69 Å². The molecule has 0 saturated carbocycles. The number of aliphatic hydroxyl groups excluding tert-OH is 1. The maximum atomic E-state index is 12.7. The second-order valence-corrected chi connectivity index (χ2v) is 11.2. The predicted molar refractivity (Wildman–Crippen MR) is 165 cm³/mol. The van der Waals surface area contributed by atoms with Crippen molar-refractivity contribution in [3.05, 3.63) is 42.5 Å². The van der Waals surface area contributed by atoms with Crippen molar-refractivity contribution in [2.45, 2.75) is 59.2 Å². The van der Waals surface area contributed by atoms with Crippen LogP contribution >= 0.6 is 22.6 Å². The molecule has 4 aromatic heterocycles. The molecular weight excluding hydrogens is 635 g/mol. The first-order valence-electron chi connectivity index (χ1n) is 13.3. The number of β-amino-alcohol motifs (C(OH)–C–C–N with tert-alkyl or cyclic N) is 1. The third kappa shape index (κ3) is 6.48. The quantitative estimate of drug-likeness (QED) is 0.237. The number of likely N-dealkylation sites (tertiary alicyclic amines) is 1. The van der Waals surface area contributed by atoms with E-state index in [0.29, 0.717) is 35.7 Å². The summed E-state index contributed by atoms with van der Waals surface area (Å²) in [6.07, 6.45) is 6.52. The molecule has 5 rings (SSSR count). The minimum Gasteiger partial charge on any atom is -0.389 e. The molecule has 1 unspecified atom stereocenters. The Kier molecular flexibility index (Phi) is 9.23. The van der Waals surface area contributed by atoms with Gasteiger partial charge in [0.1, 0.15) is 11.8 Å². The third-order valence-corrected chi connectivity index (χ3v) is 6.69. The highest BCUT2D eigenvalue weighted by molar-refractivity contribution is 14.1. The van der Waals surface area contributed by atoms with Crippen molar-refractivity contribution in [1.82, 2.24) is 39.6 Å². The molecule has 2 N–H and O–H groups in total. The van der Waals surface area contributed by atoms with E-state index >= 15 is 0 Å². The van der Waals surface area contributed by atoms with Crippen LogP contribution in [-0.2, 0) is 4.79 Å². The number of nitrogens with one attached hydrogen (secondary N) is 1. The number of halogens is 1. The number of carbonyl (C=O) groups is 1. The summed E-state index contributed by atoms with van der Waals surface area (Å²) in [4.78, 5) is 25.4. The molecule has 41 heavy (non-hydrogen) atoms. The van der Waals surface area contributed by atoms with E-state index in [4.69, 9.17) is 5.26 Å². The zero-order chi connectivity index (χ0) is 29.9. The van der Waals surface area contributed by atoms with Gasteiger partial charge in [0.2, 0.25) is 5.91 Å². The van der Waals surface area contributed by atoms with Gasteiger partial charge in [0.15, 0.2) is 11.5 Å². The van der Waals surface area contributed by atoms with Gasteiger partial charge in [0, 0.05) is 59.6 Å². The van der Waals surface area contributed by atoms with Gasteiger partial charge in [-0.15, -0.1) is 5.10 Å². The van der Waals surface area contributed by atoms with E-state index in [1.807, 2.05) is 51.8 Å². The lowest BCUT2D eigenvalue weighted by Crippen LogP contribution is -2.50. The molecule has 1 fully saturated rings. The fourth-order valence-corrected chi connectivity index (χ4v) is 4.79. The molecule has 216 valence electrons. The number of amides is 1. The average molecular weight is 671 g/mol. The Morgan fingerprint density at radius 2 is 1.95 bits per heavy atom. The molecule has 12 nitrogen and oxygen atoms in total. The van der Waals surface area contributed by atoms with Crippen LogP contribution in [-0.4, -0.2) is 80.8 Å². The summed E-state index contributed by atoms with van der Waals surface area (Å²) in [6.45, 7) is 10.5. The van der Waals surface area contributed by atoms with Crippen molar-refractivity contribution < 1.29 is 9.90 Å². The molecule has 0 radical (unpaired) electrons. The van der Waals surface area contributed by atoms with Gasteiger partial charge in [0.05, 0.1) is 30.1 Å². The van der Waals surface area contributed by atoms with E-state index in [1.54, 1.807) is 32.7 Å². The largest absolute Gasteiger partial charge is 0.389 e. The van der Waals surface area contributed by atoms with E-state index in [1.165, 1.54) is 6.20 Å². The van der Waals surface area contributed by atoms with Crippen LogP contribution in [0.2, 0.25) is 0 Å². The number of nitriles is 1. The lowest BCUT2D eigenvalue weighted by Gasteiger charge is -2.38. The van der Waals surface area contributed by atoms with Gasteiger partial charge in [-0.05, 0) is 31.3 Å². The Balaban J connectivity index is 0.00000189. The van der Waals surface area contributed by atoms with Crippen LogP contribution in [0, 0.1) is 16.7 Å². The Hall–Kier alpha value is -3.64. The maximum absolute atomic E-state index is 12.7. The monoisotopic (exact) mass is 670 g/mol. The Morgan fingerprint density at radius 1 is 1.20 bits per heavy atom. The molecule has 0 aromatic carbocycles. The number of aliphatic hydroxyl groups is 1. The molecule has 0 aliphatic carbocycles. The summed E-state index contributed by atoms with van der Waals surface area (Å²) >= 11 is 2.15. The molecule has 1 aliphatic heterocycles. The molecule has 13 heteroatoms. The van der Waals surface area contributed by atoms with Crippen molar-refractivity contribution in [3.8, 4) is 23.1 Å². The second-order valence-electron chi connectivity index (χ2n) is 11.2. The Labute approximate surface area is 252 Å². The van der Waals surface area contributed by atoms with Crippen LogP contribution in [0.25, 0.3) is 28.1 Å². The Morgan fingerprint density at radius 3 is 2.61 bits per heavy atom. The molecule has 1 saturated heterocycles. The maximum Gasteiger partial charge on any atom is 0.228 e. The number of piperidine rings is 1.